The third-order valence-corrected chi connectivity index (χ3v) is 2.95. The van der Waals surface area contributed by atoms with E-state index in [2.05, 4.69) is 20.8 Å². The average Bonchev–Trinajstić information content (AvgIpc) is 3.03. The Labute approximate surface area is 154 Å². The number of nitrogens with one attached hydrogen (secondary N) is 2. The Kier molecular flexibility index (Phi) is 8.02. The second-order valence-corrected chi connectivity index (χ2v) is 4.74. The molecule has 0 aliphatic rings. The molecular weight excluding hydrogens is 436 g/mol. The molecule has 2 rings (SSSR count). The molecule has 1 heterocycles. The van der Waals surface area contributed by atoms with E-state index >= 15 is 0 Å². The molecule has 0 saturated heterocycles. The standard InChI is InChI=1S/C15H17F3N4O.HI/c1-2-19-14(21-10-13-6-7-23-22-13)20-9-11-4-3-5-12(8-11)15(16,17)18;/h3-8H,2,9-10H2,1H3,(H2,19,20,21);1H. The summed E-state index contributed by atoms with van der Waals surface area (Å²) in [5, 5.41) is 9.81. The minimum Gasteiger partial charge on any atom is -0.364 e. The molecule has 0 unspecified atom stereocenters. The first-order valence-corrected chi connectivity index (χ1v) is 7.06. The van der Waals surface area contributed by atoms with Crippen LogP contribution in [0.1, 0.15) is 23.7 Å². The minimum absolute atomic E-state index is 0. The van der Waals surface area contributed by atoms with Crippen LogP contribution in [0.25, 0.3) is 0 Å². The second-order valence-electron chi connectivity index (χ2n) is 4.74. The molecule has 0 radical (unpaired) electrons. The van der Waals surface area contributed by atoms with Gasteiger partial charge in [0.05, 0.1) is 18.7 Å². The van der Waals surface area contributed by atoms with Crippen LogP contribution >= 0.6 is 24.0 Å². The van der Waals surface area contributed by atoms with Gasteiger partial charge in [0.25, 0.3) is 0 Å². The fourth-order valence-corrected chi connectivity index (χ4v) is 1.86. The molecule has 5 nitrogen and oxygen atoms in total. The van der Waals surface area contributed by atoms with Crippen molar-refractivity contribution in [2.45, 2.75) is 26.2 Å². The van der Waals surface area contributed by atoms with Gasteiger partial charge in [-0.3, -0.25) is 0 Å². The highest BCUT2D eigenvalue weighted by atomic mass is 127. The van der Waals surface area contributed by atoms with Crippen molar-refractivity contribution in [3.05, 3.63) is 53.4 Å². The van der Waals surface area contributed by atoms with Crippen molar-refractivity contribution in [3.8, 4) is 0 Å². The summed E-state index contributed by atoms with van der Waals surface area (Å²) in [4.78, 5) is 4.28. The number of benzene rings is 1. The predicted molar refractivity (Wildman–Crippen MR) is 95.0 cm³/mol. The van der Waals surface area contributed by atoms with Gasteiger partial charge in [-0.1, -0.05) is 17.3 Å². The van der Waals surface area contributed by atoms with Crippen molar-refractivity contribution < 1.29 is 17.7 Å². The van der Waals surface area contributed by atoms with Crippen LogP contribution in [0.15, 0.2) is 46.1 Å². The van der Waals surface area contributed by atoms with E-state index < -0.39 is 11.7 Å². The molecule has 0 spiro atoms. The molecule has 2 aromatic rings. The number of hydrogen-bond donors (Lipinski definition) is 2. The summed E-state index contributed by atoms with van der Waals surface area (Å²) in [5.74, 6) is 0.493. The van der Waals surface area contributed by atoms with Crippen LogP contribution < -0.4 is 10.6 Å². The minimum atomic E-state index is -4.35. The van der Waals surface area contributed by atoms with Crippen molar-refractivity contribution in [3.63, 3.8) is 0 Å². The lowest BCUT2D eigenvalue weighted by Gasteiger charge is -2.11. The van der Waals surface area contributed by atoms with E-state index in [1.807, 2.05) is 6.92 Å². The lowest BCUT2D eigenvalue weighted by atomic mass is 10.1. The first-order valence-electron chi connectivity index (χ1n) is 7.06. The number of alkyl halides is 3. The summed E-state index contributed by atoms with van der Waals surface area (Å²) in [5.41, 5.74) is 0.513. The van der Waals surface area contributed by atoms with Crippen molar-refractivity contribution in [2.24, 2.45) is 4.99 Å². The first-order chi connectivity index (χ1) is 11.0. The molecule has 24 heavy (non-hydrogen) atoms. The molecule has 0 fully saturated rings. The van der Waals surface area contributed by atoms with Crippen molar-refractivity contribution >= 4 is 29.9 Å². The molecule has 0 bridgehead atoms. The number of rotatable bonds is 5. The van der Waals surface area contributed by atoms with Gasteiger partial charge in [-0.25, -0.2) is 4.99 Å². The fraction of sp³-hybridized carbons (Fsp3) is 0.333. The Morgan fingerprint density at radius 3 is 2.67 bits per heavy atom. The number of aromatic nitrogens is 1. The van der Waals surface area contributed by atoms with E-state index in [9.17, 15) is 13.2 Å². The molecule has 1 aromatic heterocycles. The van der Waals surface area contributed by atoms with Gasteiger partial charge >= 0.3 is 6.18 Å². The van der Waals surface area contributed by atoms with E-state index in [0.717, 1.165) is 12.1 Å². The SMILES string of the molecule is CCNC(=NCc1cccc(C(F)(F)F)c1)NCc1ccon1.I. The maximum Gasteiger partial charge on any atom is 0.416 e. The highest BCUT2D eigenvalue weighted by Crippen LogP contribution is 2.29. The summed E-state index contributed by atoms with van der Waals surface area (Å²) < 4.78 is 42.8. The molecule has 9 heteroatoms. The van der Waals surface area contributed by atoms with E-state index in [1.165, 1.54) is 12.3 Å². The topological polar surface area (TPSA) is 62.5 Å². The van der Waals surface area contributed by atoms with Crippen LogP contribution in [0.3, 0.4) is 0 Å². The first kappa shape index (κ1) is 20.3. The molecule has 0 atom stereocenters. The normalized spacial score (nSPS) is 11.8. The summed E-state index contributed by atoms with van der Waals surface area (Å²) in [7, 11) is 0. The highest BCUT2D eigenvalue weighted by molar-refractivity contribution is 14.0. The summed E-state index contributed by atoms with van der Waals surface area (Å²) >= 11 is 0. The molecule has 0 saturated carbocycles. The van der Waals surface area contributed by atoms with E-state index in [4.69, 9.17) is 4.52 Å². The number of halogens is 4. The summed E-state index contributed by atoms with van der Waals surface area (Å²) in [6.07, 6.45) is -2.89. The molecule has 0 aliphatic heterocycles. The van der Waals surface area contributed by atoms with Crippen LogP contribution in [0.4, 0.5) is 13.2 Å². The van der Waals surface area contributed by atoms with Crippen molar-refractivity contribution in [1.82, 2.24) is 15.8 Å². The van der Waals surface area contributed by atoms with Gasteiger partial charge in [0.1, 0.15) is 12.0 Å². The quantitative estimate of drug-likeness (QED) is 0.412. The number of nitrogens with zero attached hydrogens (tertiary/aromatic N) is 2. The molecule has 132 valence electrons. The third kappa shape index (κ3) is 6.38. The van der Waals surface area contributed by atoms with Gasteiger partial charge in [-0.05, 0) is 24.6 Å². The van der Waals surface area contributed by atoms with Crippen LogP contribution in [-0.2, 0) is 19.3 Å². The Bertz CT molecular complexity index is 644. The second kappa shape index (κ2) is 9.50. The number of guanidine groups is 1. The van der Waals surface area contributed by atoms with Gasteiger partial charge in [0, 0.05) is 12.6 Å². The average molecular weight is 454 g/mol. The molecule has 0 amide bonds. The molecular formula is C15H18F3IN4O. The van der Waals surface area contributed by atoms with Gasteiger partial charge < -0.3 is 15.2 Å². The van der Waals surface area contributed by atoms with Crippen LogP contribution in [0, 0.1) is 0 Å². The van der Waals surface area contributed by atoms with E-state index in [0.29, 0.717) is 30.3 Å². The lowest BCUT2D eigenvalue weighted by molar-refractivity contribution is -0.137. The van der Waals surface area contributed by atoms with Crippen molar-refractivity contribution in [2.75, 3.05) is 6.54 Å². The zero-order chi connectivity index (χ0) is 16.7. The van der Waals surface area contributed by atoms with Gasteiger partial charge in [-0.2, -0.15) is 13.2 Å². The smallest absolute Gasteiger partial charge is 0.364 e. The lowest BCUT2D eigenvalue weighted by Crippen LogP contribution is -2.36. The fourth-order valence-electron chi connectivity index (χ4n) is 1.86. The molecule has 0 aliphatic carbocycles. The van der Waals surface area contributed by atoms with Crippen LogP contribution in [0.5, 0.6) is 0 Å². The monoisotopic (exact) mass is 454 g/mol. The largest absolute Gasteiger partial charge is 0.416 e. The van der Waals surface area contributed by atoms with Gasteiger partial charge in [0.15, 0.2) is 5.96 Å². The van der Waals surface area contributed by atoms with E-state index in [1.54, 1.807) is 12.1 Å². The Balaban J connectivity index is 0.00000288. The van der Waals surface area contributed by atoms with Gasteiger partial charge in [-0.15, -0.1) is 24.0 Å². The predicted octanol–water partition coefficient (Wildman–Crippen LogP) is 3.57. The highest BCUT2D eigenvalue weighted by Gasteiger charge is 2.30. The Morgan fingerprint density at radius 2 is 2.04 bits per heavy atom. The maximum atomic E-state index is 12.7. The zero-order valence-corrected chi connectivity index (χ0v) is 15.3. The molecule has 2 N–H and O–H groups in total. The third-order valence-electron chi connectivity index (χ3n) is 2.95. The summed E-state index contributed by atoms with van der Waals surface area (Å²) in [6, 6.07) is 6.85. The molecule has 1 aromatic carbocycles. The van der Waals surface area contributed by atoms with Crippen LogP contribution in [0.2, 0.25) is 0 Å². The Hall–Kier alpha value is -1.78. The Morgan fingerprint density at radius 1 is 1.25 bits per heavy atom. The summed E-state index contributed by atoms with van der Waals surface area (Å²) in [6.45, 7) is 3.08. The maximum absolute atomic E-state index is 12.7. The van der Waals surface area contributed by atoms with E-state index in [-0.39, 0.29) is 30.5 Å². The van der Waals surface area contributed by atoms with Gasteiger partial charge in [0.2, 0.25) is 0 Å². The number of hydrogen-bond acceptors (Lipinski definition) is 3. The zero-order valence-electron chi connectivity index (χ0n) is 12.9. The van der Waals surface area contributed by atoms with Crippen molar-refractivity contribution in [1.29, 1.82) is 0 Å². The number of aliphatic imine (C=N–C) groups is 1. The van der Waals surface area contributed by atoms with Crippen LogP contribution in [-0.4, -0.2) is 17.7 Å².